The number of sulfonamides is 1. The molecule has 0 heterocycles. The van der Waals surface area contributed by atoms with E-state index in [0.29, 0.717) is 5.02 Å². The van der Waals surface area contributed by atoms with Crippen molar-refractivity contribution in [3.8, 4) is 0 Å². The molecule has 0 unspecified atom stereocenters. The number of carboxylic acids is 1. The van der Waals surface area contributed by atoms with E-state index in [1.165, 1.54) is 18.2 Å². The molecule has 1 rings (SSSR count). The Bertz CT molecular complexity index is 545. The number of benzene rings is 1. The molecule has 8 heteroatoms. The van der Waals surface area contributed by atoms with Gasteiger partial charge in [0.25, 0.3) is 0 Å². The lowest BCUT2D eigenvalue weighted by molar-refractivity contribution is -0.137. The van der Waals surface area contributed by atoms with Crippen molar-refractivity contribution in [2.24, 2.45) is 0 Å². The fourth-order valence-electron chi connectivity index (χ4n) is 1.20. The number of hydrogen-bond donors (Lipinski definition) is 2. The van der Waals surface area contributed by atoms with Crippen molar-refractivity contribution in [1.82, 2.24) is 0 Å². The predicted molar refractivity (Wildman–Crippen MR) is 70.7 cm³/mol. The normalized spacial score (nSPS) is 11.2. The Kier molecular flexibility index (Phi) is 5.25. The first kappa shape index (κ1) is 15.1. The van der Waals surface area contributed by atoms with Crippen LogP contribution in [-0.4, -0.2) is 25.2 Å². The summed E-state index contributed by atoms with van der Waals surface area (Å²) in [5.41, 5.74) is 0.219. The van der Waals surface area contributed by atoms with Gasteiger partial charge in [-0.2, -0.15) is 0 Å². The molecule has 0 bridgehead atoms. The largest absolute Gasteiger partial charge is 0.481 e. The van der Waals surface area contributed by atoms with E-state index in [2.05, 4.69) is 4.72 Å². The second-order valence-electron chi connectivity index (χ2n) is 3.54. The lowest BCUT2D eigenvalue weighted by Crippen LogP contribution is -2.17. The van der Waals surface area contributed by atoms with Crippen molar-refractivity contribution >= 4 is 44.9 Å². The molecule has 0 aromatic heterocycles. The van der Waals surface area contributed by atoms with Crippen molar-refractivity contribution in [1.29, 1.82) is 0 Å². The molecule has 0 saturated heterocycles. The number of carboxylic acid groups (broad SMARTS) is 1. The summed E-state index contributed by atoms with van der Waals surface area (Å²) in [5, 5.41) is 9.01. The van der Waals surface area contributed by atoms with E-state index in [9.17, 15) is 13.2 Å². The lowest BCUT2D eigenvalue weighted by atomic mass is 10.3. The van der Waals surface area contributed by atoms with Crippen LogP contribution < -0.4 is 4.72 Å². The average molecular weight is 312 g/mol. The Morgan fingerprint density at radius 2 is 2.00 bits per heavy atom. The maximum Gasteiger partial charge on any atom is 0.303 e. The first-order valence-corrected chi connectivity index (χ1v) is 7.38. The van der Waals surface area contributed by atoms with Crippen molar-refractivity contribution in [2.45, 2.75) is 12.8 Å². The standard InChI is InChI=1S/C10H11Cl2NO4S/c11-7-3-4-9(8(12)6-7)13-18(16,17)5-1-2-10(14)15/h3-4,6,13H,1-2,5H2,(H,14,15). The van der Waals surface area contributed by atoms with E-state index in [-0.39, 0.29) is 29.3 Å². The van der Waals surface area contributed by atoms with Gasteiger partial charge < -0.3 is 5.11 Å². The first-order chi connectivity index (χ1) is 8.30. The molecule has 0 radical (unpaired) electrons. The van der Waals surface area contributed by atoms with Crippen LogP contribution >= 0.6 is 23.2 Å². The summed E-state index contributed by atoms with van der Waals surface area (Å²) in [5.74, 6) is -1.31. The van der Waals surface area contributed by atoms with Gasteiger partial charge in [-0.25, -0.2) is 8.42 Å². The number of rotatable bonds is 6. The number of halogens is 2. The zero-order chi connectivity index (χ0) is 13.8. The third kappa shape index (κ3) is 5.12. The molecule has 0 aliphatic heterocycles. The second-order valence-corrected chi connectivity index (χ2v) is 6.23. The smallest absolute Gasteiger partial charge is 0.303 e. The average Bonchev–Trinajstić information content (AvgIpc) is 2.21. The van der Waals surface area contributed by atoms with Gasteiger partial charge in [0, 0.05) is 11.4 Å². The van der Waals surface area contributed by atoms with Gasteiger partial charge in [-0.05, 0) is 24.6 Å². The van der Waals surface area contributed by atoms with Crippen LogP contribution in [0.15, 0.2) is 18.2 Å². The van der Waals surface area contributed by atoms with Gasteiger partial charge in [-0.3, -0.25) is 9.52 Å². The van der Waals surface area contributed by atoms with Crippen molar-refractivity contribution in [3.63, 3.8) is 0 Å². The topological polar surface area (TPSA) is 83.5 Å². The third-order valence-corrected chi connectivity index (χ3v) is 3.91. The summed E-state index contributed by atoms with van der Waals surface area (Å²) in [7, 11) is -3.61. The molecule has 0 amide bonds. The highest BCUT2D eigenvalue weighted by Crippen LogP contribution is 2.26. The van der Waals surface area contributed by atoms with Crippen LogP contribution in [0.1, 0.15) is 12.8 Å². The zero-order valence-electron chi connectivity index (χ0n) is 9.19. The summed E-state index contributed by atoms with van der Waals surface area (Å²) < 4.78 is 25.5. The number of nitrogens with one attached hydrogen (secondary N) is 1. The Hall–Kier alpha value is -0.980. The van der Waals surface area contributed by atoms with Gasteiger partial charge >= 0.3 is 5.97 Å². The van der Waals surface area contributed by atoms with Gasteiger partial charge in [-0.15, -0.1) is 0 Å². The molecule has 2 N–H and O–H groups in total. The number of carbonyl (C=O) groups is 1. The molecule has 5 nitrogen and oxygen atoms in total. The van der Waals surface area contributed by atoms with Gasteiger partial charge in [0.05, 0.1) is 16.5 Å². The predicted octanol–water partition coefficient (Wildman–Crippen LogP) is 2.60. The quantitative estimate of drug-likeness (QED) is 0.845. The van der Waals surface area contributed by atoms with E-state index in [1.807, 2.05) is 0 Å². The van der Waals surface area contributed by atoms with Crippen molar-refractivity contribution in [2.75, 3.05) is 10.5 Å². The van der Waals surface area contributed by atoms with E-state index in [0.717, 1.165) is 0 Å². The molecule has 100 valence electrons. The van der Waals surface area contributed by atoms with Gasteiger partial charge in [0.15, 0.2) is 0 Å². The highest BCUT2D eigenvalue weighted by molar-refractivity contribution is 7.92. The fourth-order valence-corrected chi connectivity index (χ4v) is 2.86. The Morgan fingerprint density at radius 1 is 1.33 bits per heavy atom. The highest BCUT2D eigenvalue weighted by atomic mass is 35.5. The van der Waals surface area contributed by atoms with Crippen LogP contribution in [0.25, 0.3) is 0 Å². The van der Waals surface area contributed by atoms with E-state index >= 15 is 0 Å². The summed E-state index contributed by atoms with van der Waals surface area (Å²) in [4.78, 5) is 10.3. The van der Waals surface area contributed by atoms with E-state index < -0.39 is 16.0 Å². The maximum atomic E-state index is 11.6. The lowest BCUT2D eigenvalue weighted by Gasteiger charge is -2.09. The summed E-state index contributed by atoms with van der Waals surface area (Å²) >= 11 is 11.5. The monoisotopic (exact) mass is 311 g/mol. The first-order valence-electron chi connectivity index (χ1n) is 4.97. The molecule has 0 atom stereocenters. The van der Waals surface area contributed by atoms with Crippen LogP contribution in [0, 0.1) is 0 Å². The SMILES string of the molecule is O=C(O)CCCS(=O)(=O)Nc1ccc(Cl)cc1Cl. The van der Waals surface area contributed by atoms with E-state index in [1.54, 1.807) is 0 Å². The molecule has 0 aliphatic rings. The molecular formula is C10H11Cl2NO4S. The number of anilines is 1. The maximum absolute atomic E-state index is 11.6. The number of aliphatic carboxylic acids is 1. The van der Waals surface area contributed by atoms with Gasteiger partial charge in [0.2, 0.25) is 10.0 Å². The molecule has 18 heavy (non-hydrogen) atoms. The minimum Gasteiger partial charge on any atom is -0.481 e. The fraction of sp³-hybridized carbons (Fsp3) is 0.300. The number of hydrogen-bond acceptors (Lipinski definition) is 3. The Morgan fingerprint density at radius 3 is 2.56 bits per heavy atom. The highest BCUT2D eigenvalue weighted by Gasteiger charge is 2.13. The minimum atomic E-state index is -3.61. The van der Waals surface area contributed by atoms with Gasteiger partial charge in [0.1, 0.15) is 0 Å². The molecule has 0 saturated carbocycles. The molecule has 1 aromatic carbocycles. The van der Waals surface area contributed by atoms with Crippen LogP contribution in [0.5, 0.6) is 0 Å². The molecule has 0 spiro atoms. The Labute approximate surface area is 115 Å². The minimum absolute atomic E-state index is 0.0376. The van der Waals surface area contributed by atoms with Crippen LogP contribution in [0.2, 0.25) is 10.0 Å². The molecular weight excluding hydrogens is 301 g/mol. The third-order valence-electron chi connectivity index (χ3n) is 2.00. The van der Waals surface area contributed by atoms with Crippen LogP contribution in [-0.2, 0) is 14.8 Å². The van der Waals surface area contributed by atoms with Crippen molar-refractivity contribution in [3.05, 3.63) is 28.2 Å². The Balaban J connectivity index is 2.67. The molecule has 1 aromatic rings. The van der Waals surface area contributed by atoms with E-state index in [4.69, 9.17) is 28.3 Å². The van der Waals surface area contributed by atoms with Crippen LogP contribution in [0.3, 0.4) is 0 Å². The van der Waals surface area contributed by atoms with Crippen LogP contribution in [0.4, 0.5) is 5.69 Å². The molecule has 0 fully saturated rings. The molecule has 0 aliphatic carbocycles. The van der Waals surface area contributed by atoms with Gasteiger partial charge in [-0.1, -0.05) is 23.2 Å². The van der Waals surface area contributed by atoms with Crippen molar-refractivity contribution < 1.29 is 18.3 Å². The zero-order valence-corrected chi connectivity index (χ0v) is 11.5. The summed E-state index contributed by atoms with van der Waals surface area (Å²) in [6, 6.07) is 4.36. The summed E-state index contributed by atoms with van der Waals surface area (Å²) in [6.07, 6.45) is -0.162. The second kappa shape index (κ2) is 6.26. The summed E-state index contributed by atoms with van der Waals surface area (Å²) in [6.45, 7) is 0.